The van der Waals surface area contributed by atoms with Crippen LogP contribution in [0, 0.1) is 6.92 Å². The van der Waals surface area contributed by atoms with Crippen LogP contribution in [0.2, 0.25) is 0 Å². The van der Waals surface area contributed by atoms with Crippen molar-refractivity contribution in [1.29, 1.82) is 0 Å². The Hall–Kier alpha value is -2.49. The molecule has 1 N–H and O–H groups in total. The number of nitrogens with zero attached hydrogens (tertiary/aromatic N) is 2. The molecule has 156 valence electrons. The van der Waals surface area contributed by atoms with Gasteiger partial charge in [0.1, 0.15) is 5.75 Å². The van der Waals surface area contributed by atoms with Gasteiger partial charge in [-0.05, 0) is 44.0 Å². The van der Waals surface area contributed by atoms with Gasteiger partial charge in [0, 0.05) is 32.5 Å². The van der Waals surface area contributed by atoms with Gasteiger partial charge in [-0.25, -0.2) is 8.42 Å². The molecule has 0 aliphatic carbocycles. The number of carbonyl (C=O) groups is 1. The summed E-state index contributed by atoms with van der Waals surface area (Å²) in [5.41, 5.74) is 1.66. The minimum atomic E-state index is -3.86. The van der Waals surface area contributed by atoms with E-state index in [9.17, 15) is 13.2 Å². The van der Waals surface area contributed by atoms with Crippen molar-refractivity contribution in [2.24, 2.45) is 0 Å². The number of aryl methyl sites for hydroxylation is 1. The van der Waals surface area contributed by atoms with Crippen molar-refractivity contribution < 1.29 is 22.7 Å². The quantitative estimate of drug-likeness (QED) is 0.660. The molecule has 9 heteroatoms. The lowest BCUT2D eigenvalue weighted by Crippen LogP contribution is -2.36. The number of aromatic nitrogens is 1. The molecule has 0 unspecified atom stereocenters. The predicted molar refractivity (Wildman–Crippen MR) is 108 cm³/mol. The first-order valence-corrected chi connectivity index (χ1v) is 10.8. The number of rotatable bonds is 8. The number of methoxy groups -OCH3 is 1. The van der Waals surface area contributed by atoms with E-state index in [0.717, 1.165) is 0 Å². The molecule has 0 radical (unpaired) electrons. The van der Waals surface area contributed by atoms with Crippen molar-refractivity contribution in [3.63, 3.8) is 0 Å². The number of sulfonamides is 1. The molecule has 1 aromatic heterocycles. The standard InChI is InChI=1S/C20H25N3O5S/c1-14-11-17-18(28-13-20(24)22-17)12-19(14)29(25,26)23(9-6-10-27-3)15(2)16-7-4-5-8-21-16/h4-5,7-8,11-12,15H,6,9-10,13H2,1-3H3,(H,22,24)/t15-/m0/s1. The van der Waals surface area contributed by atoms with E-state index in [1.54, 1.807) is 32.4 Å². The summed E-state index contributed by atoms with van der Waals surface area (Å²) in [6.07, 6.45) is 2.19. The second-order valence-corrected chi connectivity index (χ2v) is 8.70. The molecule has 2 aromatic rings. The Kier molecular flexibility index (Phi) is 6.51. The van der Waals surface area contributed by atoms with Gasteiger partial charge in [0.2, 0.25) is 10.0 Å². The van der Waals surface area contributed by atoms with Crippen LogP contribution in [0.5, 0.6) is 5.75 Å². The number of hydrogen-bond acceptors (Lipinski definition) is 6. The monoisotopic (exact) mass is 419 g/mol. The molecule has 29 heavy (non-hydrogen) atoms. The Morgan fingerprint density at radius 2 is 2.14 bits per heavy atom. The molecular formula is C20H25N3O5S. The number of anilines is 1. The molecule has 1 atom stereocenters. The summed E-state index contributed by atoms with van der Waals surface area (Å²) in [6.45, 7) is 4.10. The average Bonchev–Trinajstić information content (AvgIpc) is 2.70. The van der Waals surface area contributed by atoms with E-state index in [1.165, 1.54) is 10.4 Å². The number of carbonyl (C=O) groups excluding carboxylic acids is 1. The summed E-state index contributed by atoms with van der Waals surface area (Å²) in [7, 11) is -2.28. The molecule has 1 amide bonds. The van der Waals surface area contributed by atoms with E-state index in [-0.39, 0.29) is 24.0 Å². The van der Waals surface area contributed by atoms with E-state index in [1.807, 2.05) is 19.1 Å². The molecular weight excluding hydrogens is 394 g/mol. The molecule has 1 aliphatic heterocycles. The lowest BCUT2D eigenvalue weighted by molar-refractivity contribution is -0.118. The zero-order valence-electron chi connectivity index (χ0n) is 16.7. The Labute approximate surface area is 170 Å². The molecule has 0 bridgehead atoms. The van der Waals surface area contributed by atoms with Gasteiger partial charge in [0.05, 0.1) is 22.3 Å². The fourth-order valence-electron chi connectivity index (χ4n) is 3.28. The van der Waals surface area contributed by atoms with E-state index in [0.29, 0.717) is 35.7 Å². The Balaban J connectivity index is 2.01. The number of benzene rings is 1. The van der Waals surface area contributed by atoms with Gasteiger partial charge in [-0.1, -0.05) is 6.07 Å². The van der Waals surface area contributed by atoms with Gasteiger partial charge in [0.25, 0.3) is 5.91 Å². The normalized spacial score (nSPS) is 14.8. The predicted octanol–water partition coefficient (Wildman–Crippen LogP) is 2.51. The van der Waals surface area contributed by atoms with Crippen LogP contribution in [-0.2, 0) is 19.6 Å². The van der Waals surface area contributed by atoms with E-state index in [2.05, 4.69) is 10.3 Å². The Bertz CT molecular complexity index is 979. The van der Waals surface area contributed by atoms with Crippen LogP contribution < -0.4 is 10.1 Å². The number of pyridine rings is 1. The molecule has 0 spiro atoms. The van der Waals surface area contributed by atoms with Crippen molar-refractivity contribution >= 4 is 21.6 Å². The molecule has 1 aliphatic rings. The van der Waals surface area contributed by atoms with Crippen LogP contribution in [0.3, 0.4) is 0 Å². The van der Waals surface area contributed by atoms with Crippen LogP contribution in [0.1, 0.15) is 30.6 Å². The number of nitrogens with one attached hydrogen (secondary N) is 1. The molecule has 1 aromatic carbocycles. The zero-order valence-corrected chi connectivity index (χ0v) is 17.5. The highest BCUT2D eigenvalue weighted by Crippen LogP contribution is 2.36. The van der Waals surface area contributed by atoms with Gasteiger partial charge >= 0.3 is 0 Å². The van der Waals surface area contributed by atoms with Gasteiger partial charge in [-0.15, -0.1) is 0 Å². The maximum absolute atomic E-state index is 13.6. The van der Waals surface area contributed by atoms with Crippen LogP contribution in [-0.4, -0.2) is 50.5 Å². The summed E-state index contributed by atoms with van der Waals surface area (Å²) in [6, 6.07) is 8.07. The van der Waals surface area contributed by atoms with Crippen molar-refractivity contribution in [2.45, 2.75) is 31.2 Å². The maximum atomic E-state index is 13.6. The first-order chi connectivity index (χ1) is 13.8. The van der Waals surface area contributed by atoms with Crippen molar-refractivity contribution in [1.82, 2.24) is 9.29 Å². The summed E-state index contributed by atoms with van der Waals surface area (Å²) in [5, 5.41) is 2.70. The molecule has 0 saturated heterocycles. The number of fused-ring (bicyclic) bond motifs is 1. The third-order valence-corrected chi connectivity index (χ3v) is 6.88. The number of amides is 1. The lowest BCUT2D eigenvalue weighted by Gasteiger charge is -2.29. The van der Waals surface area contributed by atoms with Crippen LogP contribution in [0.25, 0.3) is 0 Å². The second kappa shape index (κ2) is 8.89. The van der Waals surface area contributed by atoms with E-state index < -0.39 is 16.1 Å². The number of hydrogen-bond donors (Lipinski definition) is 1. The van der Waals surface area contributed by atoms with Crippen LogP contribution >= 0.6 is 0 Å². The van der Waals surface area contributed by atoms with Crippen molar-refractivity contribution in [3.05, 3.63) is 47.8 Å². The first kappa shape index (κ1) is 21.2. The highest BCUT2D eigenvalue weighted by atomic mass is 32.2. The molecule has 0 saturated carbocycles. The van der Waals surface area contributed by atoms with Gasteiger partial charge in [-0.2, -0.15) is 4.31 Å². The van der Waals surface area contributed by atoms with Crippen LogP contribution in [0.4, 0.5) is 5.69 Å². The summed E-state index contributed by atoms with van der Waals surface area (Å²) >= 11 is 0. The highest BCUT2D eigenvalue weighted by molar-refractivity contribution is 7.89. The third kappa shape index (κ3) is 4.58. The maximum Gasteiger partial charge on any atom is 0.262 e. The molecule has 3 rings (SSSR count). The second-order valence-electron chi connectivity index (χ2n) is 6.84. The topological polar surface area (TPSA) is 97.8 Å². The minimum Gasteiger partial charge on any atom is -0.482 e. The minimum absolute atomic E-state index is 0.141. The van der Waals surface area contributed by atoms with Crippen molar-refractivity contribution in [2.75, 3.05) is 32.2 Å². The number of ether oxygens (including phenoxy) is 2. The average molecular weight is 420 g/mol. The third-order valence-electron chi connectivity index (χ3n) is 4.77. The molecule has 8 nitrogen and oxygen atoms in total. The van der Waals surface area contributed by atoms with E-state index >= 15 is 0 Å². The van der Waals surface area contributed by atoms with E-state index in [4.69, 9.17) is 9.47 Å². The fourth-order valence-corrected chi connectivity index (χ4v) is 5.15. The molecule has 0 fully saturated rings. The SMILES string of the molecule is COCCCN([C@@H](C)c1ccccn1)S(=O)(=O)c1cc2c(cc1C)NC(=O)CO2. The zero-order chi connectivity index (χ0) is 21.0. The Morgan fingerprint density at radius 3 is 2.83 bits per heavy atom. The summed E-state index contributed by atoms with van der Waals surface area (Å²) in [4.78, 5) is 16.0. The van der Waals surface area contributed by atoms with Gasteiger partial charge < -0.3 is 14.8 Å². The van der Waals surface area contributed by atoms with Crippen molar-refractivity contribution in [3.8, 4) is 5.75 Å². The first-order valence-electron chi connectivity index (χ1n) is 9.33. The summed E-state index contributed by atoms with van der Waals surface area (Å²) in [5.74, 6) is 0.0774. The van der Waals surface area contributed by atoms with Gasteiger partial charge in [0.15, 0.2) is 6.61 Å². The Morgan fingerprint density at radius 1 is 1.34 bits per heavy atom. The van der Waals surface area contributed by atoms with Gasteiger partial charge in [-0.3, -0.25) is 9.78 Å². The molecule has 2 heterocycles. The summed E-state index contributed by atoms with van der Waals surface area (Å²) < 4.78 is 39.2. The lowest BCUT2D eigenvalue weighted by atomic mass is 10.2. The fraction of sp³-hybridized carbons (Fsp3) is 0.400. The van der Waals surface area contributed by atoms with Crippen LogP contribution in [0.15, 0.2) is 41.4 Å². The smallest absolute Gasteiger partial charge is 0.262 e. The largest absolute Gasteiger partial charge is 0.482 e. The highest BCUT2D eigenvalue weighted by Gasteiger charge is 2.33.